The van der Waals surface area contributed by atoms with E-state index in [4.69, 9.17) is 5.73 Å². The van der Waals surface area contributed by atoms with Gasteiger partial charge in [0.05, 0.1) is 5.69 Å². The summed E-state index contributed by atoms with van der Waals surface area (Å²) in [6, 6.07) is 4.29. The van der Waals surface area contributed by atoms with E-state index in [0.29, 0.717) is 12.1 Å². The molecule has 1 fully saturated rings. The van der Waals surface area contributed by atoms with Crippen molar-refractivity contribution in [3.63, 3.8) is 0 Å². The minimum atomic E-state index is -4.43. The fourth-order valence-electron chi connectivity index (χ4n) is 2.54. The van der Waals surface area contributed by atoms with Crippen LogP contribution < -0.4 is 10.5 Å². The molecule has 0 spiro atoms. The van der Waals surface area contributed by atoms with Crippen LogP contribution >= 0.6 is 0 Å². The molecule has 1 unspecified atom stereocenters. The Balaban J connectivity index is 2.09. The van der Waals surface area contributed by atoms with Gasteiger partial charge >= 0.3 is 6.18 Å². The quantitative estimate of drug-likeness (QED) is 0.871. The van der Waals surface area contributed by atoms with Crippen molar-refractivity contribution in [3.8, 4) is 5.75 Å². The SMILES string of the molecule is CC1CCCCN1C(=O)c1ccc(OCC(F)(F)F)c(N)c1. The molecule has 1 atom stereocenters. The highest BCUT2D eigenvalue weighted by Crippen LogP contribution is 2.27. The molecule has 0 saturated carbocycles. The van der Waals surface area contributed by atoms with Crippen LogP contribution in [0.15, 0.2) is 18.2 Å². The molecule has 1 heterocycles. The van der Waals surface area contributed by atoms with E-state index in [9.17, 15) is 18.0 Å². The van der Waals surface area contributed by atoms with Crippen LogP contribution in [0.2, 0.25) is 0 Å². The lowest BCUT2D eigenvalue weighted by Gasteiger charge is -2.33. The molecule has 1 aliphatic heterocycles. The maximum absolute atomic E-state index is 12.4. The highest BCUT2D eigenvalue weighted by molar-refractivity contribution is 5.95. The summed E-state index contributed by atoms with van der Waals surface area (Å²) in [6.45, 7) is 1.26. The molecule has 1 aliphatic rings. The van der Waals surface area contributed by atoms with Crippen molar-refractivity contribution < 1.29 is 22.7 Å². The molecule has 2 rings (SSSR count). The Kier molecular flexibility index (Phi) is 4.83. The van der Waals surface area contributed by atoms with Crippen molar-refractivity contribution >= 4 is 11.6 Å². The van der Waals surface area contributed by atoms with E-state index in [0.717, 1.165) is 19.3 Å². The van der Waals surface area contributed by atoms with Gasteiger partial charge in [0.25, 0.3) is 5.91 Å². The summed E-state index contributed by atoms with van der Waals surface area (Å²) >= 11 is 0. The van der Waals surface area contributed by atoms with E-state index in [1.165, 1.54) is 18.2 Å². The minimum Gasteiger partial charge on any atom is -0.482 e. The standard InChI is InChI=1S/C15H19F3N2O2/c1-10-4-2-3-7-20(10)14(21)11-5-6-13(12(19)8-11)22-9-15(16,17)18/h5-6,8,10H,2-4,7,9,19H2,1H3. The van der Waals surface area contributed by atoms with Crippen molar-refractivity contribution in [2.75, 3.05) is 18.9 Å². The van der Waals surface area contributed by atoms with Crippen LogP contribution in [0.3, 0.4) is 0 Å². The summed E-state index contributed by atoms with van der Waals surface area (Å²) < 4.78 is 41.0. The molecule has 0 radical (unpaired) electrons. The highest BCUT2D eigenvalue weighted by Gasteiger charge is 2.29. The van der Waals surface area contributed by atoms with E-state index in [2.05, 4.69) is 4.74 Å². The van der Waals surface area contributed by atoms with Gasteiger partial charge in [-0.25, -0.2) is 0 Å². The van der Waals surface area contributed by atoms with Gasteiger partial charge in [0, 0.05) is 18.2 Å². The third-order valence-electron chi connectivity index (χ3n) is 3.71. The second kappa shape index (κ2) is 6.46. The molecule has 0 aromatic heterocycles. The molecule has 1 aromatic carbocycles. The second-order valence-corrected chi connectivity index (χ2v) is 5.50. The van der Waals surface area contributed by atoms with Gasteiger partial charge in [-0.15, -0.1) is 0 Å². The number of piperidine rings is 1. The largest absolute Gasteiger partial charge is 0.482 e. The number of amides is 1. The number of ether oxygens (including phenoxy) is 1. The molecule has 0 bridgehead atoms. The topological polar surface area (TPSA) is 55.6 Å². The van der Waals surface area contributed by atoms with Crippen LogP contribution in [0.5, 0.6) is 5.75 Å². The third-order valence-corrected chi connectivity index (χ3v) is 3.71. The van der Waals surface area contributed by atoms with Crippen molar-refractivity contribution in [1.82, 2.24) is 4.90 Å². The predicted octanol–water partition coefficient (Wildman–Crippen LogP) is 3.22. The monoisotopic (exact) mass is 316 g/mol. The number of carbonyl (C=O) groups excluding carboxylic acids is 1. The molecule has 1 amide bonds. The van der Waals surface area contributed by atoms with E-state index in [1.807, 2.05) is 6.92 Å². The van der Waals surface area contributed by atoms with E-state index < -0.39 is 12.8 Å². The van der Waals surface area contributed by atoms with Gasteiger partial charge in [-0.3, -0.25) is 4.79 Å². The Morgan fingerprint density at radius 3 is 2.73 bits per heavy atom. The van der Waals surface area contributed by atoms with Gasteiger partial charge in [-0.1, -0.05) is 0 Å². The maximum Gasteiger partial charge on any atom is 0.422 e. The fraction of sp³-hybridized carbons (Fsp3) is 0.533. The van der Waals surface area contributed by atoms with Crippen molar-refractivity contribution in [1.29, 1.82) is 0 Å². The lowest BCUT2D eigenvalue weighted by Crippen LogP contribution is -2.42. The molecule has 1 aromatic rings. The normalized spacial score (nSPS) is 19.1. The van der Waals surface area contributed by atoms with Crippen LogP contribution in [0.1, 0.15) is 36.5 Å². The molecule has 4 nitrogen and oxygen atoms in total. The number of benzene rings is 1. The Hall–Kier alpha value is -1.92. The fourth-order valence-corrected chi connectivity index (χ4v) is 2.54. The lowest BCUT2D eigenvalue weighted by molar-refractivity contribution is -0.153. The summed E-state index contributed by atoms with van der Waals surface area (Å²) in [5.41, 5.74) is 6.08. The second-order valence-electron chi connectivity index (χ2n) is 5.50. The Labute approximate surface area is 127 Å². The number of nitrogens with zero attached hydrogens (tertiary/aromatic N) is 1. The van der Waals surface area contributed by atoms with E-state index in [-0.39, 0.29) is 23.4 Å². The summed E-state index contributed by atoms with van der Waals surface area (Å²) in [4.78, 5) is 14.2. The lowest BCUT2D eigenvalue weighted by atomic mass is 10.0. The van der Waals surface area contributed by atoms with Crippen LogP contribution in [-0.2, 0) is 0 Å². The van der Waals surface area contributed by atoms with E-state index in [1.54, 1.807) is 4.90 Å². The van der Waals surface area contributed by atoms with Crippen molar-refractivity contribution in [2.24, 2.45) is 0 Å². The van der Waals surface area contributed by atoms with Gasteiger partial charge in [0.1, 0.15) is 5.75 Å². The van der Waals surface area contributed by atoms with Crippen LogP contribution in [0, 0.1) is 0 Å². The molecule has 2 N–H and O–H groups in total. The van der Waals surface area contributed by atoms with Gasteiger partial charge < -0.3 is 15.4 Å². The first-order valence-corrected chi connectivity index (χ1v) is 7.18. The van der Waals surface area contributed by atoms with Gasteiger partial charge in [-0.2, -0.15) is 13.2 Å². The molecule has 22 heavy (non-hydrogen) atoms. The molecule has 7 heteroatoms. The number of nitrogens with two attached hydrogens (primary N) is 1. The van der Waals surface area contributed by atoms with E-state index >= 15 is 0 Å². The highest BCUT2D eigenvalue weighted by atomic mass is 19.4. The number of nitrogen functional groups attached to an aromatic ring is 1. The zero-order chi connectivity index (χ0) is 16.3. The zero-order valence-corrected chi connectivity index (χ0v) is 12.3. The Bertz CT molecular complexity index is 546. The summed E-state index contributed by atoms with van der Waals surface area (Å²) in [7, 11) is 0. The van der Waals surface area contributed by atoms with Gasteiger partial charge in [-0.05, 0) is 44.4 Å². The first-order chi connectivity index (χ1) is 10.3. The van der Waals surface area contributed by atoms with Gasteiger partial charge in [0.15, 0.2) is 6.61 Å². The number of halogens is 3. The van der Waals surface area contributed by atoms with Crippen LogP contribution in [-0.4, -0.2) is 36.2 Å². The van der Waals surface area contributed by atoms with Gasteiger partial charge in [0.2, 0.25) is 0 Å². The summed E-state index contributed by atoms with van der Waals surface area (Å²) in [5, 5.41) is 0. The predicted molar refractivity (Wildman–Crippen MR) is 76.8 cm³/mol. The number of rotatable bonds is 3. The summed E-state index contributed by atoms with van der Waals surface area (Å²) in [6.07, 6.45) is -1.42. The number of hydrogen-bond acceptors (Lipinski definition) is 3. The maximum atomic E-state index is 12.4. The first kappa shape index (κ1) is 16.5. The van der Waals surface area contributed by atoms with Crippen molar-refractivity contribution in [2.45, 2.75) is 38.4 Å². The molecule has 0 aliphatic carbocycles. The Morgan fingerprint density at radius 2 is 2.14 bits per heavy atom. The van der Waals surface area contributed by atoms with Crippen molar-refractivity contribution in [3.05, 3.63) is 23.8 Å². The third kappa shape index (κ3) is 4.05. The summed E-state index contributed by atoms with van der Waals surface area (Å²) in [5.74, 6) is -0.221. The number of alkyl halides is 3. The molecular weight excluding hydrogens is 297 g/mol. The number of carbonyl (C=O) groups is 1. The van der Waals surface area contributed by atoms with Crippen LogP contribution in [0.25, 0.3) is 0 Å². The smallest absolute Gasteiger partial charge is 0.422 e. The molecule has 122 valence electrons. The zero-order valence-electron chi connectivity index (χ0n) is 12.3. The average Bonchev–Trinajstić information content (AvgIpc) is 2.45. The molecule has 1 saturated heterocycles. The van der Waals surface area contributed by atoms with Crippen LogP contribution in [0.4, 0.5) is 18.9 Å². The Morgan fingerprint density at radius 1 is 1.41 bits per heavy atom. The number of likely N-dealkylation sites (tertiary alicyclic amines) is 1. The first-order valence-electron chi connectivity index (χ1n) is 7.18. The molecular formula is C15H19F3N2O2. The number of anilines is 1. The minimum absolute atomic E-state index is 0.0276. The number of hydrogen-bond donors (Lipinski definition) is 1. The average molecular weight is 316 g/mol.